The van der Waals surface area contributed by atoms with Gasteiger partial charge in [0.25, 0.3) is 0 Å². The van der Waals surface area contributed by atoms with Crippen LogP contribution in [0.1, 0.15) is 45.2 Å². The summed E-state index contributed by atoms with van der Waals surface area (Å²) in [6.45, 7) is 5.26. The Morgan fingerprint density at radius 3 is 2.54 bits per heavy atom. The lowest BCUT2D eigenvalue weighted by molar-refractivity contribution is 0.00854. The molecule has 0 spiro atoms. The molecule has 1 N–H and O–H groups in total. The van der Waals surface area contributed by atoms with Crippen molar-refractivity contribution in [2.24, 2.45) is 0 Å². The summed E-state index contributed by atoms with van der Waals surface area (Å²) in [5.41, 5.74) is 0.0142. The van der Waals surface area contributed by atoms with Crippen LogP contribution in [0, 0.1) is 0 Å². The van der Waals surface area contributed by atoms with Crippen molar-refractivity contribution in [2.45, 2.75) is 51.3 Å². The van der Waals surface area contributed by atoms with Gasteiger partial charge in [0.2, 0.25) is 0 Å². The van der Waals surface area contributed by atoms with Gasteiger partial charge >= 0.3 is 6.09 Å². The lowest BCUT2D eigenvalue weighted by atomic mass is 10.0. The van der Waals surface area contributed by atoms with Crippen LogP contribution in [0.15, 0.2) is 12.1 Å². The van der Waals surface area contributed by atoms with Gasteiger partial charge < -0.3 is 14.6 Å². The van der Waals surface area contributed by atoms with Crippen molar-refractivity contribution in [1.29, 1.82) is 0 Å². The topological polar surface area (TPSA) is 59.0 Å². The van der Waals surface area contributed by atoms with Gasteiger partial charge in [-0.3, -0.25) is 4.90 Å². The van der Waals surface area contributed by atoms with Crippen LogP contribution in [-0.4, -0.2) is 41.5 Å². The summed E-state index contributed by atoms with van der Waals surface area (Å²) in [4.78, 5) is 14.2. The van der Waals surface area contributed by atoms with Gasteiger partial charge in [-0.25, -0.2) is 4.79 Å². The van der Waals surface area contributed by atoms with E-state index in [1.807, 2.05) is 0 Å². The van der Waals surface area contributed by atoms with Crippen LogP contribution in [0.4, 0.5) is 4.79 Å². The normalized spacial score (nSPS) is 21.0. The Balaban J connectivity index is 2.45. The van der Waals surface area contributed by atoms with E-state index in [9.17, 15) is 9.90 Å². The van der Waals surface area contributed by atoms with Crippen LogP contribution in [-0.2, 0) is 4.74 Å². The second-order valence-electron chi connectivity index (χ2n) is 6.79. The molecule has 1 aliphatic rings. The molecule has 0 saturated carbocycles. The van der Waals surface area contributed by atoms with E-state index < -0.39 is 11.7 Å². The largest absolute Gasteiger partial charge is 0.496 e. The SMILES string of the molecule is COc1ccc(Cl)c(Cl)c1[C@@H]1CCC(CO)N1C(=O)OC(C)(C)C. The molecule has 1 aromatic rings. The number of amides is 1. The highest BCUT2D eigenvalue weighted by atomic mass is 35.5. The summed E-state index contributed by atoms with van der Waals surface area (Å²) in [6.07, 6.45) is 0.801. The maximum Gasteiger partial charge on any atom is 0.411 e. The number of likely N-dealkylation sites (tertiary alicyclic amines) is 1. The fraction of sp³-hybridized carbons (Fsp3) is 0.588. The van der Waals surface area contributed by atoms with Gasteiger partial charge in [0, 0.05) is 5.56 Å². The first-order valence-electron chi connectivity index (χ1n) is 7.83. The number of nitrogens with zero attached hydrogens (tertiary/aromatic N) is 1. The summed E-state index contributed by atoms with van der Waals surface area (Å²) in [5.74, 6) is 0.557. The summed E-state index contributed by atoms with van der Waals surface area (Å²) >= 11 is 12.6. The average molecular weight is 376 g/mol. The van der Waals surface area contributed by atoms with Gasteiger partial charge in [0.1, 0.15) is 11.4 Å². The summed E-state index contributed by atoms with van der Waals surface area (Å²) < 4.78 is 10.9. The minimum Gasteiger partial charge on any atom is -0.496 e. The molecule has 0 radical (unpaired) electrons. The predicted octanol–water partition coefficient (Wildman–Crippen LogP) is 4.43. The number of hydrogen-bond donors (Lipinski definition) is 1. The number of carbonyl (C=O) groups is 1. The standard InChI is InChI=1S/C17H23Cl2NO4/c1-17(2,3)24-16(22)20-10(9-21)5-7-12(20)14-13(23-4)8-6-11(18)15(14)19/h6,8,10,12,21H,5,7,9H2,1-4H3/t10?,12-/m0/s1. The van der Waals surface area contributed by atoms with Gasteiger partial charge in [-0.15, -0.1) is 0 Å². The second kappa shape index (κ2) is 7.38. The molecular formula is C17H23Cl2NO4. The third-order valence-corrected chi connectivity index (χ3v) is 4.78. The van der Waals surface area contributed by atoms with E-state index in [1.54, 1.807) is 44.9 Å². The molecule has 1 aliphatic heterocycles. The third-order valence-electron chi connectivity index (χ3n) is 3.96. The predicted molar refractivity (Wildman–Crippen MR) is 93.9 cm³/mol. The Labute approximate surface area is 152 Å². The molecule has 5 nitrogen and oxygen atoms in total. The minimum absolute atomic E-state index is 0.143. The zero-order valence-electron chi connectivity index (χ0n) is 14.3. The number of ether oxygens (including phenoxy) is 2. The highest BCUT2D eigenvalue weighted by Gasteiger charge is 2.42. The molecule has 1 amide bonds. The third kappa shape index (κ3) is 3.90. The van der Waals surface area contributed by atoms with Crippen LogP contribution in [0.5, 0.6) is 5.75 Å². The van der Waals surface area contributed by atoms with Crippen molar-refractivity contribution < 1.29 is 19.4 Å². The van der Waals surface area contributed by atoms with Crippen LogP contribution < -0.4 is 4.74 Å². The molecule has 0 aliphatic carbocycles. The molecule has 2 rings (SSSR count). The Bertz CT molecular complexity index is 615. The lowest BCUT2D eigenvalue weighted by Gasteiger charge is -2.33. The molecular weight excluding hydrogens is 353 g/mol. The Morgan fingerprint density at radius 1 is 1.33 bits per heavy atom. The lowest BCUT2D eigenvalue weighted by Crippen LogP contribution is -2.42. The summed E-state index contributed by atoms with van der Waals surface area (Å²) in [7, 11) is 1.54. The van der Waals surface area contributed by atoms with Crippen LogP contribution in [0.3, 0.4) is 0 Å². The highest BCUT2D eigenvalue weighted by molar-refractivity contribution is 6.42. The van der Waals surface area contributed by atoms with Crippen molar-refractivity contribution in [2.75, 3.05) is 13.7 Å². The van der Waals surface area contributed by atoms with E-state index in [0.29, 0.717) is 34.2 Å². The van der Waals surface area contributed by atoms with E-state index in [1.165, 1.54) is 0 Å². The second-order valence-corrected chi connectivity index (χ2v) is 7.58. The smallest absolute Gasteiger partial charge is 0.411 e. The van der Waals surface area contributed by atoms with Crippen LogP contribution in [0.25, 0.3) is 0 Å². The quantitative estimate of drug-likeness (QED) is 0.848. The van der Waals surface area contributed by atoms with E-state index in [2.05, 4.69) is 0 Å². The number of methoxy groups -OCH3 is 1. The number of benzene rings is 1. The summed E-state index contributed by atoms with van der Waals surface area (Å²) in [6, 6.07) is 2.69. The highest BCUT2D eigenvalue weighted by Crippen LogP contribution is 2.46. The van der Waals surface area contributed by atoms with Gasteiger partial charge in [-0.2, -0.15) is 0 Å². The molecule has 1 unspecified atom stereocenters. The molecule has 1 fully saturated rings. The first-order chi connectivity index (χ1) is 11.2. The molecule has 1 aromatic carbocycles. The van der Waals surface area contributed by atoms with Gasteiger partial charge in [0.05, 0.1) is 35.8 Å². The van der Waals surface area contributed by atoms with Crippen molar-refractivity contribution in [1.82, 2.24) is 4.90 Å². The fourth-order valence-corrected chi connectivity index (χ4v) is 3.42. The van der Waals surface area contributed by atoms with Crippen molar-refractivity contribution in [3.8, 4) is 5.75 Å². The number of rotatable bonds is 3. The first kappa shape index (κ1) is 19.2. The van der Waals surface area contributed by atoms with Crippen LogP contribution >= 0.6 is 23.2 Å². The summed E-state index contributed by atoms with van der Waals surface area (Å²) in [5, 5.41) is 10.4. The zero-order chi connectivity index (χ0) is 18.1. The van der Waals surface area contributed by atoms with E-state index in [0.717, 1.165) is 0 Å². The molecule has 1 heterocycles. The molecule has 2 atom stereocenters. The van der Waals surface area contributed by atoms with Gasteiger partial charge in [-0.1, -0.05) is 23.2 Å². The van der Waals surface area contributed by atoms with Crippen LogP contribution in [0.2, 0.25) is 10.0 Å². The van der Waals surface area contributed by atoms with E-state index >= 15 is 0 Å². The average Bonchev–Trinajstić information content (AvgIpc) is 2.91. The molecule has 7 heteroatoms. The Morgan fingerprint density at radius 2 is 2.00 bits per heavy atom. The molecule has 1 saturated heterocycles. The molecule has 0 aromatic heterocycles. The number of aliphatic hydroxyl groups is 1. The maximum absolute atomic E-state index is 12.7. The van der Waals surface area contributed by atoms with E-state index in [4.69, 9.17) is 32.7 Å². The van der Waals surface area contributed by atoms with Crippen molar-refractivity contribution in [3.63, 3.8) is 0 Å². The van der Waals surface area contributed by atoms with Gasteiger partial charge in [0.15, 0.2) is 0 Å². The maximum atomic E-state index is 12.7. The first-order valence-corrected chi connectivity index (χ1v) is 8.59. The van der Waals surface area contributed by atoms with Gasteiger partial charge in [-0.05, 0) is 45.7 Å². The fourth-order valence-electron chi connectivity index (χ4n) is 2.97. The number of hydrogen-bond acceptors (Lipinski definition) is 4. The molecule has 134 valence electrons. The monoisotopic (exact) mass is 375 g/mol. The van der Waals surface area contributed by atoms with Crippen molar-refractivity contribution in [3.05, 3.63) is 27.7 Å². The number of halogens is 2. The molecule has 24 heavy (non-hydrogen) atoms. The zero-order valence-corrected chi connectivity index (χ0v) is 15.8. The number of aliphatic hydroxyl groups excluding tert-OH is 1. The number of carbonyl (C=O) groups excluding carboxylic acids is 1. The Kier molecular flexibility index (Phi) is 5.89. The van der Waals surface area contributed by atoms with E-state index in [-0.39, 0.29) is 18.7 Å². The molecule has 0 bridgehead atoms. The minimum atomic E-state index is -0.632. The van der Waals surface area contributed by atoms with Crippen molar-refractivity contribution >= 4 is 29.3 Å². The Hall–Kier alpha value is -1.17.